The number of ether oxygens (including phenoxy) is 1. The second-order valence-electron chi connectivity index (χ2n) is 4.54. The van der Waals surface area contributed by atoms with Crippen LogP contribution in [-0.2, 0) is 9.53 Å². The standard InChI is InChI=1S/C12H25NO2/c1-11(2)12(14)10-15-9-7-5-6-8-13(3)4/h11H,5-10H2,1-4H3. The second-order valence-corrected chi connectivity index (χ2v) is 4.54. The molecule has 0 aromatic heterocycles. The van der Waals surface area contributed by atoms with Crippen molar-refractivity contribution in [3.05, 3.63) is 0 Å². The van der Waals surface area contributed by atoms with E-state index in [0.29, 0.717) is 6.61 Å². The highest BCUT2D eigenvalue weighted by Gasteiger charge is 2.06. The predicted molar refractivity (Wildman–Crippen MR) is 63.1 cm³/mol. The summed E-state index contributed by atoms with van der Waals surface area (Å²) in [6.45, 7) is 5.94. The maximum Gasteiger partial charge on any atom is 0.160 e. The van der Waals surface area contributed by atoms with Gasteiger partial charge in [0, 0.05) is 12.5 Å². The number of ketones is 1. The summed E-state index contributed by atoms with van der Waals surface area (Å²) in [4.78, 5) is 13.4. The summed E-state index contributed by atoms with van der Waals surface area (Å²) in [5, 5.41) is 0. The molecule has 0 radical (unpaired) electrons. The molecule has 0 atom stereocenters. The van der Waals surface area contributed by atoms with Crippen LogP contribution in [0.3, 0.4) is 0 Å². The molecular formula is C12H25NO2. The lowest BCUT2D eigenvalue weighted by Crippen LogP contribution is -2.15. The van der Waals surface area contributed by atoms with E-state index >= 15 is 0 Å². The minimum Gasteiger partial charge on any atom is -0.374 e. The molecule has 0 saturated heterocycles. The van der Waals surface area contributed by atoms with Crippen LogP contribution in [0.2, 0.25) is 0 Å². The van der Waals surface area contributed by atoms with Crippen LogP contribution in [0.4, 0.5) is 0 Å². The Morgan fingerprint density at radius 3 is 2.40 bits per heavy atom. The molecule has 3 heteroatoms. The first-order chi connectivity index (χ1) is 7.04. The van der Waals surface area contributed by atoms with Crippen molar-refractivity contribution in [3.8, 4) is 0 Å². The molecule has 0 bridgehead atoms. The van der Waals surface area contributed by atoms with Crippen molar-refractivity contribution in [2.75, 3.05) is 33.9 Å². The Balaban J connectivity index is 3.15. The van der Waals surface area contributed by atoms with Gasteiger partial charge < -0.3 is 9.64 Å². The van der Waals surface area contributed by atoms with E-state index in [4.69, 9.17) is 4.74 Å². The Labute approximate surface area is 93.8 Å². The van der Waals surface area contributed by atoms with Gasteiger partial charge in [-0.1, -0.05) is 13.8 Å². The van der Waals surface area contributed by atoms with E-state index in [2.05, 4.69) is 19.0 Å². The van der Waals surface area contributed by atoms with Crippen molar-refractivity contribution in [3.63, 3.8) is 0 Å². The quantitative estimate of drug-likeness (QED) is 0.551. The SMILES string of the molecule is CC(C)C(=O)COCCCCCN(C)C. The highest BCUT2D eigenvalue weighted by molar-refractivity contribution is 5.81. The number of Topliss-reactive ketones (excluding diaryl/α,β-unsaturated/α-hetero) is 1. The molecule has 0 unspecified atom stereocenters. The minimum absolute atomic E-state index is 0.0961. The van der Waals surface area contributed by atoms with E-state index in [1.807, 2.05) is 13.8 Å². The van der Waals surface area contributed by atoms with Crippen molar-refractivity contribution in [1.82, 2.24) is 4.90 Å². The van der Waals surface area contributed by atoms with E-state index in [0.717, 1.165) is 13.0 Å². The molecule has 90 valence electrons. The first-order valence-electron chi connectivity index (χ1n) is 5.79. The van der Waals surface area contributed by atoms with Gasteiger partial charge in [-0.05, 0) is 39.9 Å². The first-order valence-corrected chi connectivity index (χ1v) is 5.79. The summed E-state index contributed by atoms with van der Waals surface area (Å²) in [5.74, 6) is 0.294. The van der Waals surface area contributed by atoms with Crippen LogP contribution in [0.15, 0.2) is 0 Å². The van der Waals surface area contributed by atoms with Crippen LogP contribution in [-0.4, -0.2) is 44.5 Å². The first kappa shape index (κ1) is 14.6. The average Bonchev–Trinajstić information content (AvgIpc) is 2.15. The molecule has 0 aliphatic heterocycles. The van der Waals surface area contributed by atoms with E-state index in [1.165, 1.54) is 12.8 Å². The third-order valence-corrected chi connectivity index (χ3v) is 2.28. The number of carbonyl (C=O) groups is 1. The lowest BCUT2D eigenvalue weighted by atomic mass is 10.1. The van der Waals surface area contributed by atoms with Gasteiger partial charge in [-0.2, -0.15) is 0 Å². The third kappa shape index (κ3) is 9.88. The molecule has 0 aromatic rings. The van der Waals surface area contributed by atoms with Gasteiger partial charge in [0.1, 0.15) is 6.61 Å². The summed E-state index contributed by atoms with van der Waals surface area (Å²) in [6, 6.07) is 0. The highest BCUT2D eigenvalue weighted by atomic mass is 16.5. The molecule has 0 aliphatic rings. The second kappa shape index (κ2) is 8.86. The molecule has 0 N–H and O–H groups in total. The monoisotopic (exact) mass is 215 g/mol. The summed E-state index contributed by atoms with van der Waals surface area (Å²) >= 11 is 0. The molecule has 0 aliphatic carbocycles. The topological polar surface area (TPSA) is 29.5 Å². The highest BCUT2D eigenvalue weighted by Crippen LogP contribution is 1.99. The molecule has 3 nitrogen and oxygen atoms in total. The lowest BCUT2D eigenvalue weighted by molar-refractivity contribution is -0.126. The van der Waals surface area contributed by atoms with Crippen molar-refractivity contribution in [2.24, 2.45) is 5.92 Å². The molecule has 0 saturated carbocycles. The normalized spacial score (nSPS) is 11.3. The van der Waals surface area contributed by atoms with Gasteiger partial charge in [-0.15, -0.1) is 0 Å². The number of rotatable bonds is 9. The van der Waals surface area contributed by atoms with E-state index in [1.54, 1.807) is 0 Å². The molecule has 15 heavy (non-hydrogen) atoms. The molecule has 0 aromatic carbocycles. The van der Waals surface area contributed by atoms with Gasteiger partial charge in [-0.25, -0.2) is 0 Å². The van der Waals surface area contributed by atoms with Crippen LogP contribution < -0.4 is 0 Å². The van der Waals surface area contributed by atoms with Gasteiger partial charge in [0.25, 0.3) is 0 Å². The maximum atomic E-state index is 11.2. The Bertz CT molecular complexity index is 167. The minimum atomic E-state index is 0.0961. The Kier molecular flexibility index (Phi) is 8.62. The molecule has 0 fully saturated rings. The fraction of sp³-hybridized carbons (Fsp3) is 0.917. The van der Waals surface area contributed by atoms with E-state index in [9.17, 15) is 4.79 Å². The van der Waals surface area contributed by atoms with Crippen LogP contribution >= 0.6 is 0 Å². The largest absolute Gasteiger partial charge is 0.374 e. The fourth-order valence-electron chi connectivity index (χ4n) is 1.15. The van der Waals surface area contributed by atoms with E-state index < -0.39 is 0 Å². The van der Waals surface area contributed by atoms with Gasteiger partial charge in [-0.3, -0.25) is 4.79 Å². The van der Waals surface area contributed by atoms with Crippen LogP contribution in [0.5, 0.6) is 0 Å². The zero-order valence-corrected chi connectivity index (χ0v) is 10.6. The smallest absolute Gasteiger partial charge is 0.160 e. The summed E-state index contributed by atoms with van der Waals surface area (Å²) in [6.07, 6.45) is 3.43. The number of hydrogen-bond acceptors (Lipinski definition) is 3. The molecule has 0 amide bonds. The zero-order valence-electron chi connectivity index (χ0n) is 10.6. The summed E-state index contributed by atoms with van der Waals surface area (Å²) < 4.78 is 5.30. The molecule has 0 rings (SSSR count). The summed E-state index contributed by atoms with van der Waals surface area (Å²) in [5.41, 5.74) is 0. The van der Waals surface area contributed by atoms with Gasteiger partial charge in [0.15, 0.2) is 5.78 Å². The maximum absolute atomic E-state index is 11.2. The van der Waals surface area contributed by atoms with E-state index in [-0.39, 0.29) is 18.3 Å². The van der Waals surface area contributed by atoms with Gasteiger partial charge in [0.05, 0.1) is 0 Å². The van der Waals surface area contributed by atoms with Gasteiger partial charge in [0.2, 0.25) is 0 Å². The van der Waals surface area contributed by atoms with Crippen LogP contribution in [0, 0.1) is 5.92 Å². The van der Waals surface area contributed by atoms with Gasteiger partial charge >= 0.3 is 0 Å². The molecular weight excluding hydrogens is 190 g/mol. The predicted octanol–water partition coefficient (Wildman–Crippen LogP) is 1.96. The van der Waals surface area contributed by atoms with Crippen LogP contribution in [0.25, 0.3) is 0 Å². The van der Waals surface area contributed by atoms with Crippen LogP contribution in [0.1, 0.15) is 33.1 Å². The Hall–Kier alpha value is -0.410. The number of unbranched alkanes of at least 4 members (excludes halogenated alkanes) is 2. The number of hydrogen-bond donors (Lipinski definition) is 0. The average molecular weight is 215 g/mol. The number of nitrogens with zero attached hydrogens (tertiary/aromatic N) is 1. The molecule has 0 spiro atoms. The molecule has 0 heterocycles. The van der Waals surface area contributed by atoms with Crippen molar-refractivity contribution in [1.29, 1.82) is 0 Å². The summed E-state index contributed by atoms with van der Waals surface area (Å²) in [7, 11) is 4.16. The Morgan fingerprint density at radius 2 is 1.87 bits per heavy atom. The third-order valence-electron chi connectivity index (χ3n) is 2.28. The lowest BCUT2D eigenvalue weighted by Gasteiger charge is -2.09. The number of carbonyl (C=O) groups excluding carboxylic acids is 1. The Morgan fingerprint density at radius 1 is 1.20 bits per heavy atom. The fourth-order valence-corrected chi connectivity index (χ4v) is 1.15. The van der Waals surface area contributed by atoms with Crippen molar-refractivity contribution < 1.29 is 9.53 Å². The van der Waals surface area contributed by atoms with Crippen molar-refractivity contribution in [2.45, 2.75) is 33.1 Å². The van der Waals surface area contributed by atoms with Crippen molar-refractivity contribution >= 4 is 5.78 Å². The zero-order chi connectivity index (χ0) is 11.7.